The number of halogens is 2. The van der Waals surface area contributed by atoms with Crippen LogP contribution in [0.1, 0.15) is 49.0 Å². The molecule has 0 aliphatic carbocycles. The van der Waals surface area contributed by atoms with Gasteiger partial charge in [0.05, 0.1) is 8.95 Å². The Labute approximate surface area is 180 Å². The second-order valence-corrected chi connectivity index (χ2v) is 8.23. The van der Waals surface area contributed by atoms with Crippen LogP contribution in [-0.2, 0) is 4.79 Å². The number of hydrogen-bond acceptors (Lipinski definition) is 4. The normalized spacial score (nSPS) is 11.9. The predicted octanol–water partition coefficient (Wildman–Crippen LogP) is 5.43. The van der Waals surface area contributed by atoms with E-state index >= 15 is 0 Å². The predicted molar refractivity (Wildman–Crippen MR) is 113 cm³/mol. The molecule has 0 heterocycles. The van der Waals surface area contributed by atoms with Crippen LogP contribution in [0.4, 0.5) is 0 Å². The summed E-state index contributed by atoms with van der Waals surface area (Å²) in [7, 11) is 0. The standard InChI is InChI=1S/C20H21Br2NO5/c1-4-16(20(26)27)23-19(25)11-7-14(21)18(15(22)8-11)28-12-5-6-17(24)13(9-12)10(2)3/h5-10,16,24H,4H2,1-3H3,(H,23,25)(H,26,27)/t16-/m0/s1. The van der Waals surface area contributed by atoms with Crippen molar-refractivity contribution in [2.75, 3.05) is 0 Å². The average Bonchev–Trinajstić information content (AvgIpc) is 2.62. The van der Waals surface area contributed by atoms with Gasteiger partial charge in [0.2, 0.25) is 0 Å². The lowest BCUT2D eigenvalue weighted by molar-refractivity contribution is -0.139. The number of phenolic OH excluding ortho intramolecular Hbond substituents is 1. The molecule has 2 rings (SSSR count). The molecule has 0 fully saturated rings. The van der Waals surface area contributed by atoms with Crippen LogP contribution >= 0.6 is 31.9 Å². The molecular formula is C20H21Br2NO5. The molecule has 8 heteroatoms. The summed E-state index contributed by atoms with van der Waals surface area (Å²) in [6.07, 6.45) is 0.281. The van der Waals surface area contributed by atoms with Crippen LogP contribution in [0.15, 0.2) is 39.3 Å². The number of benzene rings is 2. The number of carboxylic acid groups (broad SMARTS) is 1. The van der Waals surface area contributed by atoms with E-state index in [9.17, 15) is 14.7 Å². The molecule has 0 aliphatic rings. The van der Waals surface area contributed by atoms with Gasteiger partial charge in [-0.05, 0) is 74.5 Å². The third-order valence-corrected chi connectivity index (χ3v) is 5.29. The van der Waals surface area contributed by atoms with E-state index in [1.54, 1.807) is 37.3 Å². The van der Waals surface area contributed by atoms with Crippen molar-refractivity contribution in [1.29, 1.82) is 0 Å². The van der Waals surface area contributed by atoms with E-state index < -0.39 is 17.9 Å². The molecule has 0 radical (unpaired) electrons. The molecule has 1 atom stereocenters. The van der Waals surface area contributed by atoms with Gasteiger partial charge in [-0.2, -0.15) is 0 Å². The number of carbonyl (C=O) groups is 2. The smallest absolute Gasteiger partial charge is 0.326 e. The number of carbonyl (C=O) groups excluding carboxylic acids is 1. The number of ether oxygens (including phenoxy) is 1. The van der Waals surface area contributed by atoms with Crippen LogP contribution in [-0.4, -0.2) is 28.1 Å². The maximum Gasteiger partial charge on any atom is 0.326 e. The third kappa shape index (κ3) is 5.26. The summed E-state index contributed by atoms with van der Waals surface area (Å²) in [6, 6.07) is 7.16. The minimum absolute atomic E-state index is 0.127. The van der Waals surface area contributed by atoms with Gasteiger partial charge in [-0.25, -0.2) is 4.79 Å². The van der Waals surface area contributed by atoms with Gasteiger partial charge in [0.15, 0.2) is 5.75 Å². The molecule has 3 N–H and O–H groups in total. The highest BCUT2D eigenvalue weighted by Crippen LogP contribution is 2.39. The Kier molecular flexibility index (Phi) is 7.48. The topological polar surface area (TPSA) is 95.9 Å². The van der Waals surface area contributed by atoms with Crippen LogP contribution in [0.2, 0.25) is 0 Å². The molecule has 0 saturated heterocycles. The molecule has 1 amide bonds. The number of hydrogen-bond donors (Lipinski definition) is 3. The summed E-state index contributed by atoms with van der Waals surface area (Å²) in [5.41, 5.74) is 1.05. The van der Waals surface area contributed by atoms with Gasteiger partial charge in [-0.15, -0.1) is 0 Å². The summed E-state index contributed by atoms with van der Waals surface area (Å²) in [4.78, 5) is 23.5. The van der Waals surface area contributed by atoms with E-state index in [0.717, 1.165) is 5.56 Å². The van der Waals surface area contributed by atoms with Crippen molar-refractivity contribution < 1.29 is 24.5 Å². The largest absolute Gasteiger partial charge is 0.508 e. The molecule has 0 unspecified atom stereocenters. The zero-order valence-corrected chi connectivity index (χ0v) is 18.8. The van der Waals surface area contributed by atoms with Gasteiger partial charge >= 0.3 is 5.97 Å². The molecule has 150 valence electrons. The van der Waals surface area contributed by atoms with E-state index in [2.05, 4.69) is 37.2 Å². The second kappa shape index (κ2) is 9.43. The number of nitrogens with one attached hydrogen (secondary N) is 1. The summed E-state index contributed by atoms with van der Waals surface area (Å²) in [6.45, 7) is 5.63. The lowest BCUT2D eigenvalue weighted by Crippen LogP contribution is -2.40. The van der Waals surface area contributed by atoms with Crippen LogP contribution in [0.3, 0.4) is 0 Å². The molecule has 0 aliphatic heterocycles. The Morgan fingerprint density at radius 2 is 1.75 bits per heavy atom. The lowest BCUT2D eigenvalue weighted by atomic mass is 10.0. The first-order chi connectivity index (χ1) is 13.1. The first-order valence-electron chi connectivity index (χ1n) is 8.67. The van der Waals surface area contributed by atoms with Gasteiger partial charge in [-0.3, -0.25) is 4.79 Å². The summed E-state index contributed by atoms with van der Waals surface area (Å²) < 4.78 is 6.98. The quantitative estimate of drug-likeness (QED) is 0.458. The monoisotopic (exact) mass is 513 g/mol. The first-order valence-corrected chi connectivity index (χ1v) is 10.3. The fraction of sp³-hybridized carbons (Fsp3) is 0.300. The lowest BCUT2D eigenvalue weighted by Gasteiger charge is -2.16. The Balaban J connectivity index is 2.28. The van der Waals surface area contributed by atoms with E-state index in [1.807, 2.05) is 13.8 Å². The zero-order chi connectivity index (χ0) is 21.0. The molecule has 2 aromatic rings. The number of rotatable bonds is 7. The first kappa shape index (κ1) is 22.2. The molecule has 2 aromatic carbocycles. The summed E-state index contributed by atoms with van der Waals surface area (Å²) in [5.74, 6) is -0.242. The van der Waals surface area contributed by atoms with E-state index in [4.69, 9.17) is 9.84 Å². The molecule has 6 nitrogen and oxygen atoms in total. The number of amides is 1. The SMILES string of the molecule is CC[C@H](NC(=O)c1cc(Br)c(Oc2ccc(O)c(C(C)C)c2)c(Br)c1)C(=O)O. The Morgan fingerprint density at radius 3 is 2.25 bits per heavy atom. The summed E-state index contributed by atoms with van der Waals surface area (Å²) >= 11 is 6.79. The molecule has 28 heavy (non-hydrogen) atoms. The molecule has 0 spiro atoms. The van der Waals surface area contributed by atoms with Crippen LogP contribution in [0, 0.1) is 0 Å². The molecule has 0 aromatic heterocycles. The number of carboxylic acids is 1. The van der Waals surface area contributed by atoms with Crippen molar-refractivity contribution in [2.45, 2.75) is 39.2 Å². The number of aliphatic carboxylic acids is 1. The van der Waals surface area contributed by atoms with Crippen molar-refractivity contribution in [1.82, 2.24) is 5.32 Å². The molecule has 0 saturated carbocycles. The van der Waals surface area contributed by atoms with E-state index in [0.29, 0.717) is 26.0 Å². The van der Waals surface area contributed by atoms with Crippen LogP contribution in [0.5, 0.6) is 17.2 Å². The fourth-order valence-corrected chi connectivity index (χ4v) is 3.89. The Hall–Kier alpha value is -2.06. The minimum atomic E-state index is -1.08. The van der Waals surface area contributed by atoms with Gasteiger partial charge in [-0.1, -0.05) is 20.8 Å². The minimum Gasteiger partial charge on any atom is -0.508 e. The fourth-order valence-electron chi connectivity index (χ4n) is 2.54. The van der Waals surface area contributed by atoms with E-state index in [-0.39, 0.29) is 18.1 Å². The van der Waals surface area contributed by atoms with Crippen molar-refractivity contribution in [3.8, 4) is 17.2 Å². The zero-order valence-electron chi connectivity index (χ0n) is 15.6. The highest BCUT2D eigenvalue weighted by Gasteiger charge is 2.20. The number of aromatic hydroxyl groups is 1. The molecule has 0 bridgehead atoms. The second-order valence-electron chi connectivity index (χ2n) is 6.52. The van der Waals surface area contributed by atoms with Gasteiger partial charge in [0.25, 0.3) is 5.91 Å². The highest BCUT2D eigenvalue weighted by atomic mass is 79.9. The Morgan fingerprint density at radius 1 is 1.14 bits per heavy atom. The average molecular weight is 515 g/mol. The van der Waals surface area contributed by atoms with E-state index in [1.165, 1.54) is 0 Å². The maximum atomic E-state index is 12.4. The Bertz CT molecular complexity index is 875. The van der Waals surface area contributed by atoms with Crippen LogP contribution < -0.4 is 10.1 Å². The van der Waals surface area contributed by atoms with Gasteiger partial charge < -0.3 is 20.3 Å². The van der Waals surface area contributed by atoms with Crippen molar-refractivity contribution in [3.63, 3.8) is 0 Å². The highest BCUT2D eigenvalue weighted by molar-refractivity contribution is 9.11. The van der Waals surface area contributed by atoms with Crippen molar-refractivity contribution in [2.24, 2.45) is 0 Å². The molecular weight excluding hydrogens is 494 g/mol. The number of phenols is 1. The van der Waals surface area contributed by atoms with Crippen molar-refractivity contribution in [3.05, 3.63) is 50.4 Å². The van der Waals surface area contributed by atoms with Crippen LogP contribution in [0.25, 0.3) is 0 Å². The third-order valence-electron chi connectivity index (χ3n) is 4.11. The maximum absolute atomic E-state index is 12.4. The summed E-state index contributed by atoms with van der Waals surface area (Å²) in [5, 5.41) is 21.5. The van der Waals surface area contributed by atoms with Crippen molar-refractivity contribution >= 4 is 43.7 Å². The van der Waals surface area contributed by atoms with Gasteiger partial charge in [0.1, 0.15) is 17.5 Å². The van der Waals surface area contributed by atoms with Gasteiger partial charge in [0, 0.05) is 11.1 Å².